The number of benzene rings is 1. The van der Waals surface area contributed by atoms with Crippen molar-refractivity contribution in [2.45, 2.75) is 6.36 Å². The van der Waals surface area contributed by atoms with E-state index in [0.29, 0.717) is 31.9 Å². The van der Waals surface area contributed by atoms with Crippen molar-refractivity contribution in [2.24, 2.45) is 0 Å². The van der Waals surface area contributed by atoms with Crippen LogP contribution >= 0.6 is 0 Å². The third-order valence-corrected chi connectivity index (χ3v) is 3.60. The minimum absolute atomic E-state index is 0.134. The van der Waals surface area contributed by atoms with Crippen LogP contribution in [0.1, 0.15) is 0 Å². The molecule has 1 N–H and O–H groups in total. The number of hydrogen-bond acceptors (Lipinski definition) is 4. The predicted octanol–water partition coefficient (Wildman–Crippen LogP) is 1.85. The molecular weight excluding hydrogens is 339 g/mol. The Balaban J connectivity index is 1.79. The molecule has 0 aliphatic carbocycles. The third-order valence-electron chi connectivity index (χ3n) is 3.60. The molecule has 2 amide bonds. The zero-order chi connectivity index (χ0) is 18.4. The van der Waals surface area contributed by atoms with E-state index in [-0.39, 0.29) is 24.1 Å². The zero-order valence-corrected chi connectivity index (χ0v) is 13.4. The van der Waals surface area contributed by atoms with Gasteiger partial charge in [-0.1, -0.05) is 6.58 Å². The molecular formula is C16H18F3N3O3. The summed E-state index contributed by atoms with van der Waals surface area (Å²) in [5, 5.41) is 2.61. The number of carbonyl (C=O) groups is 2. The molecule has 1 aliphatic rings. The quantitative estimate of drug-likeness (QED) is 0.817. The van der Waals surface area contributed by atoms with Crippen molar-refractivity contribution in [3.8, 4) is 5.75 Å². The van der Waals surface area contributed by atoms with Gasteiger partial charge in [-0.2, -0.15) is 0 Å². The lowest BCUT2D eigenvalue weighted by atomic mass is 10.3. The topological polar surface area (TPSA) is 61.9 Å². The summed E-state index contributed by atoms with van der Waals surface area (Å²) in [4.78, 5) is 27.0. The highest BCUT2D eigenvalue weighted by molar-refractivity contribution is 5.92. The highest BCUT2D eigenvalue weighted by Gasteiger charge is 2.31. The molecule has 1 aliphatic heterocycles. The standard InChI is InChI=1S/C16H18F3N3O3/c1-2-15(24)22-9-7-21(8-10-22)11-14(23)20-12-3-5-13(6-4-12)25-16(17,18)19/h2-6H,1,7-11H2,(H,20,23). The van der Waals surface area contributed by atoms with Crippen LogP contribution in [0.3, 0.4) is 0 Å². The lowest BCUT2D eigenvalue weighted by molar-refractivity contribution is -0.274. The monoisotopic (exact) mass is 357 g/mol. The predicted molar refractivity (Wildman–Crippen MR) is 85.0 cm³/mol. The maximum Gasteiger partial charge on any atom is 0.573 e. The molecule has 9 heteroatoms. The molecule has 0 atom stereocenters. The third kappa shape index (κ3) is 6.11. The maximum atomic E-state index is 12.1. The van der Waals surface area contributed by atoms with Gasteiger partial charge in [-0.05, 0) is 30.3 Å². The van der Waals surface area contributed by atoms with Gasteiger partial charge >= 0.3 is 6.36 Å². The van der Waals surface area contributed by atoms with E-state index in [0.717, 1.165) is 12.1 Å². The highest BCUT2D eigenvalue weighted by atomic mass is 19.4. The Hall–Kier alpha value is -2.55. The van der Waals surface area contributed by atoms with E-state index >= 15 is 0 Å². The molecule has 6 nitrogen and oxygen atoms in total. The van der Waals surface area contributed by atoms with Crippen molar-refractivity contribution in [1.82, 2.24) is 9.80 Å². The summed E-state index contributed by atoms with van der Waals surface area (Å²) in [6, 6.07) is 4.92. The molecule has 25 heavy (non-hydrogen) atoms. The van der Waals surface area contributed by atoms with Gasteiger partial charge < -0.3 is 15.0 Å². The lowest BCUT2D eigenvalue weighted by Crippen LogP contribution is -2.50. The van der Waals surface area contributed by atoms with Crippen LogP contribution in [0, 0.1) is 0 Å². The minimum Gasteiger partial charge on any atom is -0.406 e. The molecule has 0 bridgehead atoms. The Morgan fingerprint density at radius 1 is 1.16 bits per heavy atom. The van der Waals surface area contributed by atoms with Crippen LogP contribution in [0.15, 0.2) is 36.9 Å². The molecule has 1 heterocycles. The summed E-state index contributed by atoms with van der Waals surface area (Å²) in [5.74, 6) is -0.772. The van der Waals surface area contributed by atoms with Gasteiger partial charge in [-0.3, -0.25) is 14.5 Å². The summed E-state index contributed by atoms with van der Waals surface area (Å²) < 4.78 is 40.0. The SMILES string of the molecule is C=CC(=O)N1CCN(CC(=O)Nc2ccc(OC(F)(F)F)cc2)CC1. The zero-order valence-electron chi connectivity index (χ0n) is 13.4. The second-order valence-electron chi connectivity index (χ2n) is 5.43. The van der Waals surface area contributed by atoms with Gasteiger partial charge in [-0.15, -0.1) is 13.2 Å². The van der Waals surface area contributed by atoms with Gasteiger partial charge in [0, 0.05) is 31.9 Å². The molecule has 1 fully saturated rings. The van der Waals surface area contributed by atoms with Gasteiger partial charge in [-0.25, -0.2) is 0 Å². The second-order valence-corrected chi connectivity index (χ2v) is 5.43. The number of rotatable bonds is 5. The fourth-order valence-corrected chi connectivity index (χ4v) is 2.40. The Morgan fingerprint density at radius 2 is 1.76 bits per heavy atom. The summed E-state index contributed by atoms with van der Waals surface area (Å²) in [6.07, 6.45) is -3.49. The highest BCUT2D eigenvalue weighted by Crippen LogP contribution is 2.23. The average molecular weight is 357 g/mol. The molecule has 1 aromatic rings. The molecule has 0 aromatic heterocycles. The first-order chi connectivity index (χ1) is 11.8. The van der Waals surface area contributed by atoms with E-state index in [4.69, 9.17) is 0 Å². The van der Waals surface area contributed by atoms with E-state index in [9.17, 15) is 22.8 Å². The van der Waals surface area contributed by atoms with Crippen molar-refractivity contribution in [2.75, 3.05) is 38.0 Å². The Labute approximate surface area is 142 Å². The maximum absolute atomic E-state index is 12.1. The van der Waals surface area contributed by atoms with Gasteiger partial charge in [0.15, 0.2) is 0 Å². The number of amides is 2. The van der Waals surface area contributed by atoms with E-state index in [1.165, 1.54) is 18.2 Å². The van der Waals surface area contributed by atoms with Crippen molar-refractivity contribution < 1.29 is 27.5 Å². The number of carbonyl (C=O) groups excluding carboxylic acids is 2. The number of ether oxygens (including phenoxy) is 1. The Bertz CT molecular complexity index is 624. The largest absolute Gasteiger partial charge is 0.573 e. The number of anilines is 1. The van der Waals surface area contributed by atoms with Crippen LogP contribution in [0.2, 0.25) is 0 Å². The first kappa shape index (κ1) is 18.8. The second kappa shape index (κ2) is 8.02. The molecule has 136 valence electrons. The van der Waals surface area contributed by atoms with Gasteiger partial charge in [0.2, 0.25) is 11.8 Å². The Morgan fingerprint density at radius 3 is 2.28 bits per heavy atom. The summed E-state index contributed by atoms with van der Waals surface area (Å²) >= 11 is 0. The van der Waals surface area contributed by atoms with Crippen molar-refractivity contribution >= 4 is 17.5 Å². The van der Waals surface area contributed by atoms with E-state index in [2.05, 4.69) is 16.6 Å². The fraction of sp³-hybridized carbons (Fsp3) is 0.375. The number of hydrogen-bond donors (Lipinski definition) is 1. The van der Waals surface area contributed by atoms with Gasteiger partial charge in [0.25, 0.3) is 0 Å². The van der Waals surface area contributed by atoms with Crippen molar-refractivity contribution in [1.29, 1.82) is 0 Å². The molecule has 1 aromatic carbocycles. The van der Waals surface area contributed by atoms with E-state index < -0.39 is 6.36 Å². The molecule has 1 saturated heterocycles. The number of nitrogens with zero attached hydrogens (tertiary/aromatic N) is 2. The van der Waals surface area contributed by atoms with Crippen molar-refractivity contribution in [3.63, 3.8) is 0 Å². The normalized spacial score (nSPS) is 15.6. The smallest absolute Gasteiger partial charge is 0.406 e. The molecule has 0 radical (unpaired) electrons. The van der Waals surface area contributed by atoms with Crippen molar-refractivity contribution in [3.05, 3.63) is 36.9 Å². The average Bonchev–Trinajstić information content (AvgIpc) is 2.55. The van der Waals surface area contributed by atoms with Crippen LogP contribution in [-0.4, -0.2) is 60.7 Å². The van der Waals surface area contributed by atoms with Gasteiger partial charge in [0.1, 0.15) is 5.75 Å². The van der Waals surface area contributed by atoms with Crippen LogP contribution in [-0.2, 0) is 9.59 Å². The lowest BCUT2D eigenvalue weighted by Gasteiger charge is -2.33. The van der Waals surface area contributed by atoms with E-state index in [1.807, 2.05) is 4.90 Å². The van der Waals surface area contributed by atoms with Crippen LogP contribution < -0.4 is 10.1 Å². The molecule has 0 unspecified atom stereocenters. The van der Waals surface area contributed by atoms with Gasteiger partial charge in [0.05, 0.1) is 6.54 Å². The van der Waals surface area contributed by atoms with Crippen LogP contribution in [0.25, 0.3) is 0 Å². The number of nitrogens with one attached hydrogen (secondary N) is 1. The first-order valence-electron chi connectivity index (χ1n) is 7.56. The Kier molecular flexibility index (Phi) is 6.02. The van der Waals surface area contributed by atoms with Crippen LogP contribution in [0.5, 0.6) is 5.75 Å². The fourth-order valence-electron chi connectivity index (χ4n) is 2.40. The number of halogens is 3. The molecule has 2 rings (SSSR count). The summed E-state index contributed by atoms with van der Waals surface area (Å²) in [5.41, 5.74) is 0.375. The molecule has 0 saturated carbocycles. The van der Waals surface area contributed by atoms with E-state index in [1.54, 1.807) is 4.90 Å². The summed E-state index contributed by atoms with van der Waals surface area (Å²) in [7, 11) is 0. The first-order valence-corrected chi connectivity index (χ1v) is 7.56. The minimum atomic E-state index is -4.75. The molecule has 0 spiro atoms. The number of piperazine rings is 1. The summed E-state index contributed by atoms with van der Waals surface area (Å²) in [6.45, 7) is 5.72. The number of alkyl halides is 3. The van der Waals surface area contributed by atoms with Crippen LogP contribution in [0.4, 0.5) is 18.9 Å².